The van der Waals surface area contributed by atoms with Gasteiger partial charge < -0.3 is 18.6 Å². The Kier molecular flexibility index (Phi) is 8.58. The van der Waals surface area contributed by atoms with Gasteiger partial charge in [0.05, 0.1) is 15.9 Å². The van der Waals surface area contributed by atoms with Crippen LogP contribution in [0.1, 0.15) is 34.1 Å². The molecule has 0 heterocycles. The van der Waals surface area contributed by atoms with E-state index in [0.29, 0.717) is 19.3 Å². The first-order valence-electron chi connectivity index (χ1n) is 8.43. The monoisotopic (exact) mass is 387 g/mol. The number of nitro benzene ring substituents is 2. The van der Waals surface area contributed by atoms with Gasteiger partial charge in [-0.2, -0.15) is 0 Å². The fourth-order valence-corrected chi connectivity index (χ4v) is 5.20. The molecule has 0 fully saturated rings. The van der Waals surface area contributed by atoms with Crippen LogP contribution in [-0.4, -0.2) is 38.1 Å². The molecule has 1 rings (SSSR count). The van der Waals surface area contributed by atoms with Crippen LogP contribution in [0.15, 0.2) is 18.2 Å². The molecule has 10 nitrogen and oxygen atoms in total. The van der Waals surface area contributed by atoms with E-state index in [0.717, 1.165) is 12.5 Å². The molecule has 0 saturated carbocycles. The third-order valence-corrected chi connectivity index (χ3v) is 6.67. The molecule has 0 aromatic heterocycles. The molecule has 1 aromatic rings. The van der Waals surface area contributed by atoms with Gasteiger partial charge in [-0.05, 0) is 26.8 Å². The average Bonchev–Trinajstić information content (AvgIpc) is 2.55. The van der Waals surface area contributed by atoms with Crippen molar-refractivity contribution in [1.29, 1.82) is 0 Å². The first-order chi connectivity index (χ1) is 12.3. The molecule has 1 aromatic carbocycles. The SMILES string of the molecule is CCC[Si](OCC)(OCC)OC(C)Nc1ccc([N+](=O)[O-])cc1[N+](=O)[O-]. The van der Waals surface area contributed by atoms with Gasteiger partial charge in [0.25, 0.3) is 11.4 Å². The summed E-state index contributed by atoms with van der Waals surface area (Å²) in [6.45, 7) is 8.22. The van der Waals surface area contributed by atoms with Gasteiger partial charge in [0.2, 0.25) is 0 Å². The maximum Gasteiger partial charge on any atom is 0.502 e. The largest absolute Gasteiger partial charge is 0.502 e. The lowest BCUT2D eigenvalue weighted by Gasteiger charge is -2.32. The molecule has 0 bridgehead atoms. The Hall–Kier alpha value is -2.08. The summed E-state index contributed by atoms with van der Waals surface area (Å²) >= 11 is 0. The first kappa shape index (κ1) is 22.0. The van der Waals surface area contributed by atoms with Gasteiger partial charge in [-0.3, -0.25) is 20.2 Å². The number of hydrogen-bond acceptors (Lipinski definition) is 8. The van der Waals surface area contributed by atoms with E-state index >= 15 is 0 Å². The van der Waals surface area contributed by atoms with Crippen LogP contribution in [0.2, 0.25) is 6.04 Å². The number of anilines is 1. The van der Waals surface area contributed by atoms with Crippen molar-refractivity contribution in [3.63, 3.8) is 0 Å². The molecule has 1 atom stereocenters. The Morgan fingerprint density at radius 2 is 1.73 bits per heavy atom. The van der Waals surface area contributed by atoms with Crippen molar-refractivity contribution in [1.82, 2.24) is 0 Å². The second-order valence-corrected chi connectivity index (χ2v) is 8.10. The summed E-state index contributed by atoms with van der Waals surface area (Å²) in [4.78, 5) is 20.7. The highest BCUT2D eigenvalue weighted by Gasteiger charge is 2.41. The molecule has 0 saturated heterocycles. The van der Waals surface area contributed by atoms with Gasteiger partial charge in [0.1, 0.15) is 11.9 Å². The minimum absolute atomic E-state index is 0.125. The molecule has 146 valence electrons. The van der Waals surface area contributed by atoms with Gasteiger partial charge in [-0.15, -0.1) is 0 Å². The van der Waals surface area contributed by atoms with E-state index in [1.807, 2.05) is 20.8 Å². The molecule has 0 aliphatic rings. The molecule has 26 heavy (non-hydrogen) atoms. The van der Waals surface area contributed by atoms with Crippen LogP contribution in [0, 0.1) is 20.2 Å². The smallest absolute Gasteiger partial charge is 0.374 e. The third-order valence-electron chi connectivity index (χ3n) is 3.39. The predicted molar refractivity (Wildman–Crippen MR) is 98.0 cm³/mol. The van der Waals surface area contributed by atoms with Crippen LogP contribution >= 0.6 is 0 Å². The van der Waals surface area contributed by atoms with Gasteiger partial charge in [-0.1, -0.05) is 13.3 Å². The molecule has 1 unspecified atom stereocenters. The van der Waals surface area contributed by atoms with Gasteiger partial charge in [-0.25, -0.2) is 0 Å². The minimum atomic E-state index is -2.93. The van der Waals surface area contributed by atoms with E-state index in [4.69, 9.17) is 13.3 Å². The molecular formula is C15H25N3O7Si. The van der Waals surface area contributed by atoms with Crippen molar-refractivity contribution in [2.45, 2.75) is 46.4 Å². The highest BCUT2D eigenvalue weighted by molar-refractivity contribution is 6.60. The number of rotatable bonds is 12. The molecule has 0 amide bonds. The van der Waals surface area contributed by atoms with E-state index < -0.39 is 30.6 Å². The fourth-order valence-electron chi connectivity index (χ4n) is 2.48. The average molecular weight is 387 g/mol. The lowest BCUT2D eigenvalue weighted by molar-refractivity contribution is -0.393. The molecule has 11 heteroatoms. The summed E-state index contributed by atoms with van der Waals surface area (Å²) in [6.07, 6.45) is 0.155. The van der Waals surface area contributed by atoms with Gasteiger partial charge in [0.15, 0.2) is 0 Å². The fraction of sp³-hybridized carbons (Fsp3) is 0.600. The minimum Gasteiger partial charge on any atom is -0.374 e. The van der Waals surface area contributed by atoms with Crippen LogP contribution in [0.5, 0.6) is 0 Å². The second-order valence-electron chi connectivity index (χ2n) is 5.42. The first-order valence-corrected chi connectivity index (χ1v) is 10.4. The summed E-state index contributed by atoms with van der Waals surface area (Å²) in [5, 5.41) is 24.9. The van der Waals surface area contributed by atoms with Crippen molar-refractivity contribution in [2.24, 2.45) is 0 Å². The normalized spacial score (nSPS) is 12.6. The van der Waals surface area contributed by atoms with Crippen LogP contribution in [0.4, 0.5) is 17.1 Å². The summed E-state index contributed by atoms with van der Waals surface area (Å²) in [5.41, 5.74) is -0.625. The summed E-state index contributed by atoms with van der Waals surface area (Å²) in [5.74, 6) is 0. The zero-order valence-corrected chi connectivity index (χ0v) is 16.4. The maximum atomic E-state index is 11.2. The Morgan fingerprint density at radius 3 is 2.19 bits per heavy atom. The van der Waals surface area contributed by atoms with E-state index in [1.165, 1.54) is 12.1 Å². The Morgan fingerprint density at radius 1 is 1.12 bits per heavy atom. The van der Waals surface area contributed by atoms with Crippen molar-refractivity contribution >= 4 is 25.9 Å². The van der Waals surface area contributed by atoms with E-state index in [9.17, 15) is 20.2 Å². The third kappa shape index (κ3) is 6.02. The van der Waals surface area contributed by atoms with Crippen molar-refractivity contribution in [3.8, 4) is 0 Å². The highest BCUT2D eigenvalue weighted by Crippen LogP contribution is 2.30. The summed E-state index contributed by atoms with van der Waals surface area (Å²) < 4.78 is 17.6. The Bertz CT molecular complexity index is 612. The zero-order valence-electron chi connectivity index (χ0n) is 15.4. The van der Waals surface area contributed by atoms with Crippen molar-refractivity contribution in [3.05, 3.63) is 38.4 Å². The molecular weight excluding hydrogens is 362 g/mol. The highest BCUT2D eigenvalue weighted by atomic mass is 28.4. The number of nitrogens with one attached hydrogen (secondary N) is 1. The maximum absolute atomic E-state index is 11.2. The lowest BCUT2D eigenvalue weighted by Crippen LogP contribution is -2.49. The molecule has 1 N–H and O–H groups in total. The van der Waals surface area contributed by atoms with Gasteiger partial charge >= 0.3 is 8.80 Å². The summed E-state index contributed by atoms with van der Waals surface area (Å²) in [6, 6.07) is 4.02. The number of nitrogens with zero attached hydrogens (tertiary/aromatic N) is 2. The van der Waals surface area contributed by atoms with E-state index in [-0.39, 0.29) is 11.4 Å². The van der Waals surface area contributed by atoms with E-state index in [2.05, 4.69) is 5.32 Å². The number of nitro groups is 2. The van der Waals surface area contributed by atoms with Crippen LogP contribution in [0.25, 0.3) is 0 Å². The summed E-state index contributed by atoms with van der Waals surface area (Å²) in [7, 11) is -2.93. The van der Waals surface area contributed by atoms with Gasteiger partial charge in [0, 0.05) is 25.3 Å². The lowest BCUT2D eigenvalue weighted by atomic mass is 10.2. The number of benzene rings is 1. The quantitative estimate of drug-likeness (QED) is 0.249. The molecule has 0 aliphatic carbocycles. The topological polar surface area (TPSA) is 126 Å². The van der Waals surface area contributed by atoms with Crippen molar-refractivity contribution in [2.75, 3.05) is 18.5 Å². The molecule has 0 spiro atoms. The Balaban J connectivity index is 3.02. The van der Waals surface area contributed by atoms with Crippen LogP contribution in [-0.2, 0) is 13.3 Å². The van der Waals surface area contributed by atoms with Crippen molar-refractivity contribution < 1.29 is 23.1 Å². The second kappa shape index (κ2) is 10.2. The van der Waals surface area contributed by atoms with Crippen LogP contribution in [0.3, 0.4) is 0 Å². The van der Waals surface area contributed by atoms with E-state index in [1.54, 1.807) is 6.92 Å². The standard InChI is InChI=1S/C15H25N3O7Si/c1-5-10-26(23-6-2,24-7-3)25-12(4)16-14-9-8-13(17(19)20)11-15(14)18(21)22/h8-9,11-12,16H,5-7,10H2,1-4H3. The van der Waals surface area contributed by atoms with Crippen LogP contribution < -0.4 is 5.32 Å². The molecule has 0 aliphatic heterocycles. The number of non-ortho nitro benzene ring substituents is 1. The Labute approximate surface area is 153 Å². The predicted octanol–water partition coefficient (Wildman–Crippen LogP) is 3.70. The molecule has 0 radical (unpaired) electrons. The number of hydrogen-bond donors (Lipinski definition) is 1. The zero-order chi connectivity index (χ0) is 19.7.